The van der Waals surface area contributed by atoms with Crippen molar-refractivity contribution >= 4 is 29.6 Å². The summed E-state index contributed by atoms with van der Waals surface area (Å²) in [4.78, 5) is 46.0. The first-order valence-electron chi connectivity index (χ1n) is 10.5. The van der Waals surface area contributed by atoms with Crippen LogP contribution in [-0.4, -0.2) is 57.5 Å². The number of hydrogen-bond donors (Lipinski definition) is 1. The molecule has 0 bridgehead atoms. The van der Waals surface area contributed by atoms with Gasteiger partial charge < -0.3 is 10.2 Å². The lowest BCUT2D eigenvalue weighted by molar-refractivity contribution is -0.133. The second-order valence-electron chi connectivity index (χ2n) is 8.28. The normalized spacial score (nSPS) is 21.7. The first-order chi connectivity index (χ1) is 15.3. The number of pyridine rings is 1. The molecule has 3 heterocycles. The Labute approximate surface area is 190 Å². The van der Waals surface area contributed by atoms with E-state index in [1.54, 1.807) is 42.3 Å². The molecule has 0 radical (unpaired) electrons. The van der Waals surface area contributed by atoms with Gasteiger partial charge in [-0.15, -0.1) is 11.8 Å². The minimum atomic E-state index is -1.02. The summed E-state index contributed by atoms with van der Waals surface area (Å²) >= 11 is 1.43. The molecule has 168 valence electrons. The highest BCUT2D eigenvalue weighted by Crippen LogP contribution is 2.34. The zero-order valence-corrected chi connectivity index (χ0v) is 18.8. The van der Waals surface area contributed by atoms with E-state index in [1.807, 2.05) is 6.26 Å². The standard InChI is InChI=1S/C23H25FN4O3S/c1-23(21(30)28(22(31)26-23)14-15-5-7-17(24)8-6-15)16-9-12-27(13-10-16)20(29)18-4-3-11-25-19(18)32-2/h3-8,11,16H,9-10,12-14H2,1-2H3,(H,26,31). The van der Waals surface area contributed by atoms with Gasteiger partial charge in [0, 0.05) is 19.3 Å². The molecule has 4 amide bonds. The summed E-state index contributed by atoms with van der Waals surface area (Å²) in [6, 6.07) is 8.84. The molecule has 0 spiro atoms. The van der Waals surface area contributed by atoms with Gasteiger partial charge in [0.1, 0.15) is 16.4 Å². The van der Waals surface area contributed by atoms with Crippen LogP contribution in [0.2, 0.25) is 0 Å². The van der Waals surface area contributed by atoms with Gasteiger partial charge in [-0.05, 0) is 61.8 Å². The molecule has 1 atom stereocenters. The largest absolute Gasteiger partial charge is 0.339 e. The highest BCUT2D eigenvalue weighted by atomic mass is 32.2. The summed E-state index contributed by atoms with van der Waals surface area (Å²) in [5.41, 5.74) is 0.242. The van der Waals surface area contributed by atoms with Crippen LogP contribution < -0.4 is 5.32 Å². The van der Waals surface area contributed by atoms with Crippen LogP contribution in [0.25, 0.3) is 0 Å². The molecule has 32 heavy (non-hydrogen) atoms. The molecule has 2 aliphatic heterocycles. The first kappa shape index (κ1) is 22.3. The van der Waals surface area contributed by atoms with Gasteiger partial charge in [-0.25, -0.2) is 14.2 Å². The molecular formula is C23H25FN4O3S. The highest BCUT2D eigenvalue weighted by molar-refractivity contribution is 7.98. The Morgan fingerprint density at radius 1 is 1.22 bits per heavy atom. The van der Waals surface area contributed by atoms with Gasteiger partial charge in [0.05, 0.1) is 12.1 Å². The summed E-state index contributed by atoms with van der Waals surface area (Å²) in [6.07, 6.45) is 4.76. The molecule has 1 aromatic carbocycles. The molecule has 1 aromatic heterocycles. The summed E-state index contributed by atoms with van der Waals surface area (Å²) in [7, 11) is 0. The molecule has 1 N–H and O–H groups in total. The lowest BCUT2D eigenvalue weighted by Gasteiger charge is -2.39. The molecule has 7 nitrogen and oxygen atoms in total. The Bertz CT molecular complexity index is 1040. The number of halogens is 1. The van der Waals surface area contributed by atoms with Crippen molar-refractivity contribution in [1.82, 2.24) is 20.1 Å². The fraction of sp³-hybridized carbons (Fsp3) is 0.391. The summed E-state index contributed by atoms with van der Waals surface area (Å²) in [6.45, 7) is 2.86. The number of nitrogens with zero attached hydrogens (tertiary/aromatic N) is 3. The Balaban J connectivity index is 1.42. The smallest absolute Gasteiger partial charge is 0.325 e. The van der Waals surface area contributed by atoms with Crippen LogP contribution in [0.5, 0.6) is 0 Å². The van der Waals surface area contributed by atoms with Gasteiger partial charge in [0.15, 0.2) is 0 Å². The van der Waals surface area contributed by atoms with Gasteiger partial charge in [-0.3, -0.25) is 14.5 Å². The van der Waals surface area contributed by atoms with Crippen LogP contribution >= 0.6 is 11.8 Å². The van der Waals surface area contributed by atoms with Crippen molar-refractivity contribution in [3.63, 3.8) is 0 Å². The van der Waals surface area contributed by atoms with Crippen molar-refractivity contribution in [2.45, 2.75) is 36.9 Å². The lowest BCUT2D eigenvalue weighted by Crippen LogP contribution is -2.54. The van der Waals surface area contributed by atoms with Crippen LogP contribution in [0.15, 0.2) is 47.6 Å². The number of hydrogen-bond acceptors (Lipinski definition) is 5. The molecule has 4 rings (SSSR count). The number of piperidine rings is 1. The van der Waals surface area contributed by atoms with Gasteiger partial charge in [-0.2, -0.15) is 0 Å². The molecule has 2 aliphatic rings. The number of nitrogens with one attached hydrogen (secondary N) is 1. The van der Waals surface area contributed by atoms with Gasteiger partial charge in [-0.1, -0.05) is 12.1 Å². The molecular weight excluding hydrogens is 431 g/mol. The number of carbonyl (C=O) groups is 3. The van der Waals surface area contributed by atoms with Crippen LogP contribution in [-0.2, 0) is 11.3 Å². The molecule has 9 heteroatoms. The number of imide groups is 1. The van der Waals surface area contributed by atoms with Crippen LogP contribution in [0.1, 0.15) is 35.7 Å². The fourth-order valence-electron chi connectivity index (χ4n) is 4.45. The molecule has 1 unspecified atom stereocenters. The molecule has 0 aliphatic carbocycles. The third-order valence-corrected chi connectivity index (χ3v) is 7.06. The molecule has 2 fully saturated rings. The Morgan fingerprint density at radius 3 is 2.56 bits per heavy atom. The van der Waals surface area contributed by atoms with Gasteiger partial charge in [0.25, 0.3) is 11.8 Å². The SMILES string of the molecule is CSc1ncccc1C(=O)N1CCC(C2(C)NC(=O)N(Cc3ccc(F)cc3)C2=O)CC1. The number of thioether (sulfide) groups is 1. The number of urea groups is 1. The quantitative estimate of drug-likeness (QED) is 0.551. The number of benzene rings is 1. The van der Waals surface area contributed by atoms with E-state index < -0.39 is 11.6 Å². The van der Waals surface area contributed by atoms with Gasteiger partial charge in [0.2, 0.25) is 0 Å². The van der Waals surface area contributed by atoms with E-state index in [0.717, 1.165) is 0 Å². The summed E-state index contributed by atoms with van der Waals surface area (Å²) in [5.74, 6) is -0.803. The number of carbonyl (C=O) groups excluding carboxylic acids is 3. The predicted octanol–water partition coefficient (Wildman–Crippen LogP) is 3.31. The number of amides is 4. The zero-order valence-electron chi connectivity index (χ0n) is 18.0. The van der Waals surface area contributed by atoms with E-state index in [-0.39, 0.29) is 30.1 Å². The summed E-state index contributed by atoms with van der Waals surface area (Å²) < 4.78 is 13.2. The minimum absolute atomic E-state index is 0.0641. The third-order valence-electron chi connectivity index (χ3n) is 6.35. The Morgan fingerprint density at radius 2 is 1.91 bits per heavy atom. The van der Waals surface area contributed by atoms with Crippen molar-refractivity contribution in [3.05, 3.63) is 59.5 Å². The van der Waals surface area contributed by atoms with Crippen molar-refractivity contribution in [2.24, 2.45) is 5.92 Å². The van der Waals surface area contributed by atoms with Crippen LogP contribution in [0.4, 0.5) is 9.18 Å². The van der Waals surface area contributed by atoms with E-state index >= 15 is 0 Å². The molecule has 2 saturated heterocycles. The number of likely N-dealkylation sites (tertiary alicyclic amines) is 1. The molecule has 0 saturated carbocycles. The monoisotopic (exact) mass is 456 g/mol. The second-order valence-corrected chi connectivity index (χ2v) is 9.07. The third kappa shape index (κ3) is 4.09. The van der Waals surface area contributed by atoms with Crippen molar-refractivity contribution in [2.75, 3.05) is 19.3 Å². The van der Waals surface area contributed by atoms with Crippen LogP contribution in [0.3, 0.4) is 0 Å². The van der Waals surface area contributed by atoms with E-state index in [4.69, 9.17) is 0 Å². The zero-order chi connectivity index (χ0) is 22.9. The lowest BCUT2D eigenvalue weighted by atomic mass is 9.78. The maximum absolute atomic E-state index is 13.2. The second kappa shape index (κ2) is 8.90. The van der Waals surface area contributed by atoms with Crippen molar-refractivity contribution in [1.29, 1.82) is 0 Å². The minimum Gasteiger partial charge on any atom is -0.339 e. The van der Waals surface area contributed by atoms with Crippen LogP contribution in [0, 0.1) is 11.7 Å². The first-order valence-corrected chi connectivity index (χ1v) is 11.7. The molecule has 2 aromatic rings. The number of rotatable bonds is 5. The maximum Gasteiger partial charge on any atom is 0.325 e. The highest BCUT2D eigenvalue weighted by Gasteiger charge is 2.52. The average molecular weight is 457 g/mol. The van der Waals surface area contributed by atoms with E-state index in [2.05, 4.69) is 10.3 Å². The average Bonchev–Trinajstić information content (AvgIpc) is 3.03. The Hall–Kier alpha value is -2.94. The fourth-order valence-corrected chi connectivity index (χ4v) is 5.00. The van der Waals surface area contributed by atoms with Crippen molar-refractivity contribution in [3.8, 4) is 0 Å². The topological polar surface area (TPSA) is 82.6 Å². The number of aromatic nitrogens is 1. The van der Waals surface area contributed by atoms with E-state index in [9.17, 15) is 18.8 Å². The predicted molar refractivity (Wildman–Crippen MR) is 119 cm³/mol. The van der Waals surface area contributed by atoms with Crippen molar-refractivity contribution < 1.29 is 18.8 Å². The van der Waals surface area contributed by atoms with E-state index in [1.165, 1.54) is 28.8 Å². The summed E-state index contributed by atoms with van der Waals surface area (Å²) in [5, 5.41) is 3.57. The van der Waals surface area contributed by atoms with Gasteiger partial charge >= 0.3 is 6.03 Å². The maximum atomic E-state index is 13.2. The van der Waals surface area contributed by atoms with E-state index in [0.29, 0.717) is 42.1 Å². The Kier molecular flexibility index (Phi) is 6.19.